The summed E-state index contributed by atoms with van der Waals surface area (Å²) in [6.07, 6.45) is 2.71. The molecule has 0 saturated carbocycles. The first kappa shape index (κ1) is 124. The summed E-state index contributed by atoms with van der Waals surface area (Å²) in [6.45, 7) is 28.9. The number of benzene rings is 1. The first-order valence-electron chi connectivity index (χ1n) is 48.3. The standard InChI is InChI=1S/C94H148N22O25S3/c1-20-47(14)70(110-66(118)39-97-75(122)52(19)98-80(127)61(37-67(119)120)103-74(121)51(18)96)88(135)100-55(24-5)76(123)99-56(25-6)77(124)113-73(50(17)23-4)91(138)114-72(49(16)22-3)89(136)101-57(26-7)78(125)112-71(48(15)21-2)90(137)108-64-41-143-144-42-65(92(139)140)109-83(130)63-40-142-43-94(38-62(106-84(64)131)82(129)111-68(45(10)11)86(133)104-59(35-44(8)9)85(132)116-94)93(141)115-69(46(12)13)87(134)105-60(36-53-30-32-54(117)33-31-53)81(128)102-58(79(126)107-63)29-27-28-34-95/h24-26,30-33,44-52,58-65,68-73,117H,20-23,27-29,34-43,95-96H2,1-19H3,(H,97,122)(H,98,127)(H,99,123)(H,100,135)(H,101,136)(H,102,128)(H,103,121)(H,104,133)(H,105,134)(H,106,131)(H,107,126)(H,108,137)(H,109,130)(H,110,118)(H,111,129)(H,112,125)(H,113,124)(H,114,138)(H,115,141)(H,116,132)(H,119,120)(H,139,140)/b55-24-,56-25-,57-26-. The number of carbonyl (C=O) groups excluding carboxylic acids is 20. The van der Waals surface area contributed by atoms with E-state index < -0.39 is 327 Å². The number of rotatable bonds is 43. The number of aromatic hydroxyl groups is 1. The molecule has 3 saturated heterocycles. The van der Waals surface area contributed by atoms with Gasteiger partial charge in [-0.25, -0.2) is 4.79 Å². The molecule has 4 rings (SSSR count). The van der Waals surface area contributed by atoms with Crippen molar-refractivity contribution in [3.63, 3.8) is 0 Å². The van der Waals surface area contributed by atoms with E-state index >= 15 is 33.6 Å². The Kier molecular flexibility index (Phi) is 51.9. The van der Waals surface area contributed by atoms with Crippen LogP contribution in [0, 0.1) is 41.4 Å². The van der Waals surface area contributed by atoms with Gasteiger partial charge < -0.3 is 133 Å². The maximum atomic E-state index is 16.3. The highest BCUT2D eigenvalue weighted by atomic mass is 33.1. The van der Waals surface area contributed by atoms with Gasteiger partial charge in [-0.2, -0.15) is 11.8 Å². The molecule has 1 aromatic rings. The molecule has 47 nitrogen and oxygen atoms in total. The summed E-state index contributed by atoms with van der Waals surface area (Å²) in [5.41, 5.74) is 7.91. The summed E-state index contributed by atoms with van der Waals surface area (Å²) in [7, 11) is 1.56. The number of hydrogen-bond acceptors (Lipinski definition) is 28. The summed E-state index contributed by atoms with van der Waals surface area (Å²) in [5, 5.41) is 81.9. The van der Waals surface area contributed by atoms with Crippen LogP contribution in [0.5, 0.6) is 5.75 Å². The number of aliphatic carboxylic acids is 2. The number of carboxylic acid groups (broad SMARTS) is 2. The fourth-order valence-electron chi connectivity index (χ4n) is 14.9. The number of amides is 20. The minimum Gasteiger partial charge on any atom is -0.508 e. The lowest BCUT2D eigenvalue weighted by Crippen LogP contribution is -2.69. The van der Waals surface area contributed by atoms with Crippen LogP contribution >= 0.6 is 33.3 Å². The van der Waals surface area contributed by atoms with Gasteiger partial charge in [0.15, 0.2) is 0 Å². The average Bonchev–Trinajstić information content (AvgIpc) is 1.26. The van der Waals surface area contributed by atoms with Crippen molar-refractivity contribution in [1.29, 1.82) is 0 Å². The first-order chi connectivity index (χ1) is 67.7. The van der Waals surface area contributed by atoms with Crippen molar-refractivity contribution in [2.45, 2.75) is 304 Å². The van der Waals surface area contributed by atoms with Crippen LogP contribution in [0.1, 0.15) is 201 Å². The van der Waals surface area contributed by atoms with Crippen LogP contribution < -0.4 is 118 Å². The maximum Gasteiger partial charge on any atom is 0.327 e. The smallest absolute Gasteiger partial charge is 0.327 e. The second-order valence-electron chi connectivity index (χ2n) is 37.2. The third-order valence-corrected chi connectivity index (χ3v) is 28.3. The molecule has 3 aliphatic heterocycles. The van der Waals surface area contributed by atoms with Crippen LogP contribution in [0.3, 0.4) is 0 Å². The lowest BCUT2D eigenvalue weighted by molar-refractivity contribution is -0.141. The van der Waals surface area contributed by atoms with E-state index in [2.05, 4.69) is 106 Å². The Hall–Kier alpha value is -12.5. The summed E-state index contributed by atoms with van der Waals surface area (Å²) >= 11 is 0.710. The second-order valence-corrected chi connectivity index (χ2v) is 40.8. The molecular weight excluding hydrogens is 1930 g/mol. The molecular formula is C94H148N22O25S3. The number of allylic oxidation sites excluding steroid dienone is 3. The Morgan fingerprint density at radius 1 is 0.479 bits per heavy atom. The number of unbranched alkanes of at least 4 members (excludes halogenated alkanes) is 1. The van der Waals surface area contributed by atoms with Crippen LogP contribution in [0.15, 0.2) is 59.6 Å². The van der Waals surface area contributed by atoms with Gasteiger partial charge in [0.2, 0.25) is 100 Å². The van der Waals surface area contributed by atoms with Crippen molar-refractivity contribution >= 4 is 163 Å². The van der Waals surface area contributed by atoms with E-state index in [4.69, 9.17) is 11.5 Å². The van der Waals surface area contributed by atoms with Crippen molar-refractivity contribution < 1.29 is 121 Å². The fraction of sp³-hybridized carbons (Fsp3) is 0.638. The van der Waals surface area contributed by atoms with E-state index in [-0.39, 0.29) is 69.6 Å². The van der Waals surface area contributed by atoms with Crippen molar-refractivity contribution in [3.8, 4) is 5.75 Å². The second kappa shape index (κ2) is 60.3. The molecule has 3 fully saturated rings. The number of carboxylic acids is 2. The lowest BCUT2D eigenvalue weighted by Gasteiger charge is -2.39. The number of fused-ring (bicyclic) bond motifs is 4. The van der Waals surface area contributed by atoms with E-state index in [1.807, 2.05) is 0 Å². The van der Waals surface area contributed by atoms with Gasteiger partial charge in [0.1, 0.15) is 119 Å². The van der Waals surface area contributed by atoms with Gasteiger partial charge in [-0.05, 0) is 126 Å². The summed E-state index contributed by atoms with van der Waals surface area (Å²) in [6, 6.07) is -19.6. The van der Waals surface area contributed by atoms with E-state index in [0.717, 1.165) is 21.6 Å². The van der Waals surface area contributed by atoms with Crippen molar-refractivity contribution in [2.24, 2.45) is 52.9 Å². The Morgan fingerprint density at radius 2 is 0.965 bits per heavy atom. The Balaban J connectivity index is 1.76. The zero-order chi connectivity index (χ0) is 109. The monoisotopic (exact) mass is 2080 g/mol. The molecule has 3 heterocycles. The highest BCUT2D eigenvalue weighted by Crippen LogP contribution is 2.29. The Labute approximate surface area is 850 Å². The first-order valence-corrected chi connectivity index (χ1v) is 51.9. The van der Waals surface area contributed by atoms with Crippen molar-refractivity contribution in [3.05, 3.63) is 65.1 Å². The predicted octanol–water partition coefficient (Wildman–Crippen LogP) is -2.62. The highest BCUT2D eigenvalue weighted by Gasteiger charge is 2.50. The van der Waals surface area contributed by atoms with Gasteiger partial charge in [0, 0.05) is 35.9 Å². The Morgan fingerprint density at radius 3 is 1.48 bits per heavy atom. The SMILES string of the molecule is C/C=C(\NC(=O)/C(=C/C)NC(=O)C(NC(=O)CNC(=O)C(C)NC(=O)C(CC(=O)O)NC(=O)C(C)N)C(C)CC)C(=O)NC(C(=O)NC(C(=O)N/C(=C\C)C(=O)NC(C(=O)NC1CSSCC(C(=O)O)NC(=O)C2CSCC3(CC(NC1=O)C(=O)NC(C(C)C)C(=O)NC(CC(C)C)C(=O)N3)C(=O)NC(C(C)C)C(=O)NC(Cc1ccc(O)cc1)C(=O)NC(CCCCN)C(=O)N2)C(C)CC)C(C)CC)C(C)CC. The van der Waals surface area contributed by atoms with Crippen LogP contribution in [0.2, 0.25) is 0 Å². The van der Waals surface area contributed by atoms with Gasteiger partial charge in [-0.3, -0.25) is 101 Å². The molecule has 144 heavy (non-hydrogen) atoms. The molecule has 21 unspecified atom stereocenters. The molecule has 0 aromatic heterocycles. The molecule has 21 atom stereocenters. The fourth-order valence-corrected chi connectivity index (χ4v) is 18.5. The maximum absolute atomic E-state index is 16.3. The van der Waals surface area contributed by atoms with Crippen molar-refractivity contribution in [2.75, 3.05) is 36.1 Å². The van der Waals surface area contributed by atoms with E-state index in [9.17, 15) is 87.2 Å². The molecule has 0 radical (unpaired) electrons. The third kappa shape index (κ3) is 38.6. The number of phenols is 1. The summed E-state index contributed by atoms with van der Waals surface area (Å²) in [5.74, 6) is -30.6. The van der Waals surface area contributed by atoms with E-state index in [0.29, 0.717) is 23.7 Å². The van der Waals surface area contributed by atoms with Crippen LogP contribution in [0.4, 0.5) is 0 Å². The van der Waals surface area contributed by atoms with Gasteiger partial charge >= 0.3 is 11.9 Å². The zero-order valence-electron chi connectivity index (χ0n) is 85.0. The molecule has 0 aliphatic carbocycles. The van der Waals surface area contributed by atoms with Gasteiger partial charge in [-0.15, -0.1) is 0 Å². The lowest BCUT2D eigenvalue weighted by atomic mass is 9.88. The number of hydrogen-bond donors (Lipinski definition) is 25. The molecule has 802 valence electrons. The third-order valence-electron chi connectivity index (χ3n) is 24.6. The highest BCUT2D eigenvalue weighted by molar-refractivity contribution is 8.76. The number of phenolic OH excluding ortho intramolecular Hbond substituents is 1. The molecule has 27 N–H and O–H groups in total. The minimum absolute atomic E-state index is 0.0925. The van der Waals surface area contributed by atoms with Gasteiger partial charge in [-0.1, -0.05) is 175 Å². The number of nitrogens with two attached hydrogens (primary N) is 2. The quantitative estimate of drug-likeness (QED) is 0.0181. The number of thioether (sulfide) groups is 1. The van der Waals surface area contributed by atoms with Crippen LogP contribution in [0.25, 0.3) is 0 Å². The summed E-state index contributed by atoms with van der Waals surface area (Å²) in [4.78, 5) is 316. The number of nitrogens with one attached hydrogen (secondary N) is 20. The van der Waals surface area contributed by atoms with E-state index in [1.165, 1.54) is 77.1 Å². The zero-order valence-corrected chi connectivity index (χ0v) is 87.5. The molecule has 20 amide bonds. The van der Waals surface area contributed by atoms with E-state index in [1.54, 1.807) is 96.9 Å². The normalized spacial score (nSPS) is 22.9. The largest absolute Gasteiger partial charge is 0.508 e. The average molecular weight is 2080 g/mol. The number of carbonyl (C=O) groups is 22. The minimum atomic E-state index is -2.60. The molecule has 3 bridgehead atoms. The van der Waals surface area contributed by atoms with Crippen molar-refractivity contribution in [1.82, 2.24) is 106 Å². The topological polar surface area (TPSA) is 729 Å². The molecule has 1 aromatic carbocycles. The van der Waals surface area contributed by atoms with Gasteiger partial charge in [0.25, 0.3) is 17.7 Å². The predicted molar refractivity (Wildman–Crippen MR) is 536 cm³/mol. The van der Waals surface area contributed by atoms with Crippen LogP contribution in [-0.4, -0.2) is 284 Å². The molecule has 3 aliphatic rings. The van der Waals surface area contributed by atoms with Crippen LogP contribution in [-0.2, 0) is 112 Å². The Bertz CT molecular complexity index is 4850. The van der Waals surface area contributed by atoms with Gasteiger partial charge in [0.05, 0.1) is 19.0 Å². The molecule has 50 heteroatoms. The molecule has 1 spiro atoms. The summed E-state index contributed by atoms with van der Waals surface area (Å²) < 4.78 is 0.